The predicted molar refractivity (Wildman–Crippen MR) is 46.1 cm³/mol. The minimum atomic E-state index is 0.746. The number of hydrogen-bond donors (Lipinski definition) is 1. The maximum atomic E-state index is 9.82. The second kappa shape index (κ2) is 7.25. The molecule has 0 saturated heterocycles. The van der Waals surface area contributed by atoms with E-state index in [2.05, 4.69) is 11.5 Å². The fourth-order valence-electron chi connectivity index (χ4n) is 0.780. The van der Waals surface area contributed by atoms with E-state index in [4.69, 9.17) is 0 Å². The average molecular weight is 159 g/mol. The number of carbonyl (C=O) groups excluding carboxylic acids is 1. The molecule has 64 valence electrons. The Hall–Kier alpha value is -0.860. The summed E-state index contributed by atoms with van der Waals surface area (Å²) in [6.07, 6.45) is 6.17. The van der Waals surface area contributed by atoms with Crippen LogP contribution < -0.4 is 5.32 Å². The molecule has 0 spiro atoms. The van der Waals surface area contributed by atoms with Crippen LogP contribution >= 0.6 is 0 Å². The molecule has 0 aliphatic rings. The zero-order valence-corrected chi connectivity index (χ0v) is 7.34. The van der Waals surface area contributed by atoms with Crippen LogP contribution in [0.4, 0.5) is 0 Å². The van der Waals surface area contributed by atoms with Crippen molar-refractivity contribution in [1.29, 1.82) is 0 Å². The predicted octanol–water partition coefficient (Wildman–Crippen LogP) is 0.246. The van der Waals surface area contributed by atoms with E-state index in [1.807, 2.05) is 18.7 Å². The molecule has 0 fully saturated rings. The van der Waals surface area contributed by atoms with Crippen molar-refractivity contribution in [2.45, 2.75) is 19.3 Å². The first-order chi connectivity index (χ1) is 5.27. The first kappa shape index (κ1) is 10.1. The van der Waals surface area contributed by atoms with Crippen molar-refractivity contribution < 1.29 is 9.37 Å². The van der Waals surface area contributed by atoms with Crippen LogP contribution in [-0.4, -0.2) is 37.8 Å². The van der Waals surface area contributed by atoms with Crippen LogP contribution in [0.2, 0.25) is 0 Å². The quantitative estimate of drug-likeness (QED) is 0.148. The highest BCUT2D eigenvalue weighted by Crippen LogP contribution is 1.89. The van der Waals surface area contributed by atoms with Crippen LogP contribution in [0.5, 0.6) is 0 Å². The van der Waals surface area contributed by atoms with Gasteiger partial charge in [-0.3, -0.25) is 4.79 Å². The van der Waals surface area contributed by atoms with Gasteiger partial charge in [0, 0.05) is 13.0 Å². The molecule has 0 aliphatic carbocycles. The molecule has 1 amide bonds. The lowest BCUT2D eigenvalue weighted by molar-refractivity contribution is -0.460. The van der Waals surface area contributed by atoms with Crippen molar-refractivity contribution in [2.75, 3.05) is 20.6 Å². The lowest BCUT2D eigenvalue weighted by atomic mass is 10.2. The monoisotopic (exact) mass is 159 g/mol. The number of nitrogens with zero attached hydrogens (tertiary/aromatic N) is 1. The van der Waals surface area contributed by atoms with E-state index in [0.717, 1.165) is 32.2 Å². The van der Waals surface area contributed by atoms with Gasteiger partial charge in [-0.1, -0.05) is 0 Å². The van der Waals surface area contributed by atoms with Crippen LogP contribution in [-0.2, 0) is 4.79 Å². The molecular weight excluding hydrogens is 142 g/mol. The van der Waals surface area contributed by atoms with Gasteiger partial charge in [0.05, 0.1) is 0 Å². The second-order valence-corrected chi connectivity index (χ2v) is 2.71. The summed E-state index contributed by atoms with van der Waals surface area (Å²) in [5, 5.41) is 2.63. The molecule has 0 aromatic carbocycles. The maximum Gasteiger partial charge on any atom is 0.207 e. The highest BCUT2D eigenvalue weighted by atomic mass is 16.2. The normalized spacial score (nSPS) is 8.91. The zero-order valence-electron chi connectivity index (χ0n) is 7.34. The Kier molecular flexibility index (Phi) is 6.68. The van der Waals surface area contributed by atoms with Gasteiger partial charge in [-0.05, 0) is 12.8 Å². The average Bonchev–Trinajstić information content (AvgIpc) is 1.96. The lowest BCUT2D eigenvalue weighted by Gasteiger charge is -1.94. The third kappa shape index (κ3) is 9.14. The molecule has 0 aromatic heterocycles. The topological polar surface area (TPSA) is 32.1 Å². The Morgan fingerprint density at radius 1 is 1.36 bits per heavy atom. The Morgan fingerprint density at radius 2 is 2.09 bits per heavy atom. The summed E-state index contributed by atoms with van der Waals surface area (Å²) in [4.78, 5) is 9.82. The Bertz CT molecular complexity index is 128. The number of amides is 1. The van der Waals surface area contributed by atoms with E-state index in [9.17, 15) is 4.79 Å². The summed E-state index contributed by atoms with van der Waals surface area (Å²) in [5.41, 5.74) is 0. The summed E-state index contributed by atoms with van der Waals surface area (Å²) in [5.74, 6) is 0. The Labute approximate surface area is 68.1 Å². The second-order valence-electron chi connectivity index (χ2n) is 2.71. The minimum absolute atomic E-state index is 0.746. The van der Waals surface area contributed by atoms with Crippen molar-refractivity contribution in [3.05, 3.63) is 0 Å². The summed E-state index contributed by atoms with van der Waals surface area (Å²) in [6.45, 7) is 0.796. The summed E-state index contributed by atoms with van der Waals surface area (Å²) in [6, 6.07) is 0. The van der Waals surface area contributed by atoms with Gasteiger partial charge < -0.3 is 5.32 Å². The van der Waals surface area contributed by atoms with Crippen LogP contribution in [0, 0.1) is 0 Å². The van der Waals surface area contributed by atoms with Gasteiger partial charge in [-0.2, -0.15) is 0 Å². The number of carbonyl (C=O) groups is 1. The maximum absolute atomic E-state index is 9.82. The van der Waals surface area contributed by atoms with Crippen LogP contribution in [0.3, 0.4) is 0 Å². The van der Waals surface area contributed by atoms with Gasteiger partial charge >= 0.3 is 0 Å². The molecule has 0 atom stereocenters. The van der Waals surface area contributed by atoms with Gasteiger partial charge in [0.2, 0.25) is 6.41 Å². The molecule has 0 radical (unpaired) electrons. The first-order valence-electron chi connectivity index (χ1n) is 3.94. The highest BCUT2D eigenvalue weighted by Gasteiger charge is 1.88. The van der Waals surface area contributed by atoms with Crippen LogP contribution in [0.15, 0.2) is 0 Å². The van der Waals surface area contributed by atoms with Crippen molar-refractivity contribution in [3.63, 3.8) is 0 Å². The molecule has 0 unspecified atom stereocenters. The molecule has 11 heavy (non-hydrogen) atoms. The molecule has 0 aliphatic heterocycles. The molecule has 0 heterocycles. The van der Waals surface area contributed by atoms with Crippen molar-refractivity contribution in [2.24, 2.45) is 0 Å². The molecule has 0 rings (SSSR count). The van der Waals surface area contributed by atoms with Gasteiger partial charge in [0.1, 0.15) is 20.3 Å². The van der Waals surface area contributed by atoms with Crippen molar-refractivity contribution in [3.8, 4) is 0 Å². The molecular formula is C8H17N2O+. The number of unbranched alkanes of at least 4 members (excludes halogenated alkanes) is 2. The largest absolute Gasteiger partial charge is 0.359 e. The van der Waals surface area contributed by atoms with Gasteiger partial charge in [0.25, 0.3) is 0 Å². The molecule has 0 bridgehead atoms. The third-order valence-corrected chi connectivity index (χ3v) is 1.35. The van der Waals surface area contributed by atoms with Gasteiger partial charge in [0.15, 0.2) is 0 Å². The number of nitrogens with one attached hydrogen (secondary N) is 1. The van der Waals surface area contributed by atoms with E-state index >= 15 is 0 Å². The molecule has 1 N–H and O–H groups in total. The highest BCUT2D eigenvalue weighted by molar-refractivity contribution is 5.50. The molecule has 0 saturated carbocycles. The molecule has 3 heteroatoms. The SMILES string of the molecule is C[N+](C)=CCCCC[15NH][13CH]=O. The summed E-state index contributed by atoms with van der Waals surface area (Å²) >= 11 is 0. The fraction of sp³-hybridized carbons (Fsp3) is 0.750. The van der Waals surface area contributed by atoms with E-state index in [-0.39, 0.29) is 0 Å². The third-order valence-electron chi connectivity index (χ3n) is 1.35. The zero-order chi connectivity index (χ0) is 8.53. The van der Waals surface area contributed by atoms with Crippen molar-refractivity contribution >= 4 is 12.6 Å². The molecule has 0 aromatic rings. The van der Waals surface area contributed by atoms with E-state index in [1.54, 1.807) is 0 Å². The lowest BCUT2D eigenvalue weighted by Crippen LogP contribution is -2.11. The standard InChI is InChI=1S/C8H16N2O/c1-10(2)7-5-3-4-6-9-8-11/h7-8H,3-6H2,1-2H3/p+1/i8+1,9+1. The number of rotatable bonds is 6. The van der Waals surface area contributed by atoms with Gasteiger partial charge in [-0.25, -0.2) is 4.58 Å². The van der Waals surface area contributed by atoms with Gasteiger partial charge in [-0.15, -0.1) is 0 Å². The summed E-state index contributed by atoms with van der Waals surface area (Å²) in [7, 11) is 4.04. The van der Waals surface area contributed by atoms with Crippen LogP contribution in [0.1, 0.15) is 19.3 Å². The number of hydrogen-bond acceptors (Lipinski definition) is 1. The smallest absolute Gasteiger partial charge is 0.207 e. The van der Waals surface area contributed by atoms with E-state index in [0.29, 0.717) is 0 Å². The Balaban J connectivity index is 3.02. The Morgan fingerprint density at radius 3 is 2.64 bits per heavy atom. The molecule has 3 nitrogen and oxygen atoms in total. The fourth-order valence-corrected chi connectivity index (χ4v) is 0.780. The first-order valence-corrected chi connectivity index (χ1v) is 3.94. The van der Waals surface area contributed by atoms with Crippen LogP contribution in [0.25, 0.3) is 0 Å². The minimum Gasteiger partial charge on any atom is -0.359 e. The van der Waals surface area contributed by atoms with Crippen molar-refractivity contribution in [1.82, 2.24) is 5.32 Å². The van der Waals surface area contributed by atoms with E-state index < -0.39 is 0 Å². The summed E-state index contributed by atoms with van der Waals surface area (Å²) < 4.78 is 2.05. The van der Waals surface area contributed by atoms with E-state index in [1.165, 1.54) is 0 Å².